The highest BCUT2D eigenvalue weighted by molar-refractivity contribution is 6.47. The summed E-state index contributed by atoms with van der Waals surface area (Å²) in [6, 6.07) is 5.47. The van der Waals surface area contributed by atoms with Gasteiger partial charge >= 0.3 is 0 Å². The number of benzene rings is 1. The van der Waals surface area contributed by atoms with Gasteiger partial charge in [0.1, 0.15) is 11.1 Å². The fraction of sp³-hybridized carbons (Fsp3) is 0.409. The summed E-state index contributed by atoms with van der Waals surface area (Å²) in [5.41, 5.74) is 1.67. The quantitative estimate of drug-likeness (QED) is 0.647. The van der Waals surface area contributed by atoms with Gasteiger partial charge in [0.25, 0.3) is 0 Å². The number of ether oxygens (including phenoxy) is 1. The van der Waals surface area contributed by atoms with Gasteiger partial charge in [0.15, 0.2) is 0 Å². The van der Waals surface area contributed by atoms with Gasteiger partial charge in [-0.2, -0.15) is 0 Å². The lowest BCUT2D eigenvalue weighted by molar-refractivity contribution is 0.224. The highest BCUT2D eigenvalue weighted by Crippen LogP contribution is 2.28. The summed E-state index contributed by atoms with van der Waals surface area (Å²) < 4.78 is 7.35. The van der Waals surface area contributed by atoms with Crippen LogP contribution in [0.4, 0.5) is 11.6 Å². The van der Waals surface area contributed by atoms with Gasteiger partial charge in [-0.3, -0.25) is 0 Å². The largest absolute Gasteiger partial charge is 0.497 e. The third kappa shape index (κ3) is 4.63. The first-order valence-corrected chi connectivity index (χ1v) is 10.7. The molecule has 1 aliphatic carbocycles. The molecule has 2 aromatic rings. The van der Waals surface area contributed by atoms with Crippen molar-refractivity contribution in [1.82, 2.24) is 9.55 Å². The molecule has 0 amide bonds. The number of aliphatic hydroxyl groups is 1. The van der Waals surface area contributed by atoms with Crippen LogP contribution >= 0.6 is 23.2 Å². The van der Waals surface area contributed by atoms with E-state index in [1.165, 1.54) is 0 Å². The molecule has 1 aromatic carbocycles. The van der Waals surface area contributed by atoms with E-state index < -0.39 is 6.10 Å². The Morgan fingerprint density at radius 3 is 2.76 bits per heavy atom. The van der Waals surface area contributed by atoms with E-state index in [1.807, 2.05) is 31.2 Å². The molecule has 0 bridgehead atoms. The van der Waals surface area contributed by atoms with Gasteiger partial charge in [-0.05, 0) is 43.0 Å². The molecule has 0 spiro atoms. The van der Waals surface area contributed by atoms with Gasteiger partial charge in [-0.15, -0.1) is 0 Å². The lowest BCUT2D eigenvalue weighted by Crippen LogP contribution is -2.36. The first-order chi connectivity index (χ1) is 14.0. The lowest BCUT2D eigenvalue weighted by atomic mass is 10.0. The van der Waals surface area contributed by atoms with Crippen molar-refractivity contribution in [3.8, 4) is 5.75 Å². The molecule has 7 heteroatoms. The number of hydrogen-bond donors (Lipinski definition) is 2. The maximum atomic E-state index is 10.7. The second-order valence-electron chi connectivity index (χ2n) is 7.01. The second kappa shape index (κ2) is 9.70. The fourth-order valence-electron chi connectivity index (χ4n) is 3.42. The van der Waals surface area contributed by atoms with E-state index in [4.69, 9.17) is 32.9 Å². The summed E-state index contributed by atoms with van der Waals surface area (Å²) in [5.74, 6) is 1.35. The Balaban J connectivity index is 2.21. The lowest BCUT2D eigenvalue weighted by Gasteiger charge is -2.15. The topological polar surface area (TPSA) is 59.3 Å². The predicted molar refractivity (Wildman–Crippen MR) is 120 cm³/mol. The Morgan fingerprint density at radius 1 is 1.31 bits per heavy atom. The number of aliphatic hydroxyl groups excluding tert-OH is 1. The number of methoxy groups -OCH3 is 1. The molecule has 0 aliphatic heterocycles. The highest BCUT2D eigenvalue weighted by atomic mass is 35.5. The van der Waals surface area contributed by atoms with Crippen molar-refractivity contribution in [1.29, 1.82) is 0 Å². The standard InChI is InChI=1S/C22H27Cl2N3O2/c1-4-6-12-27-21-15(19(28)5-2)8-7-9-16(23)20(21)26-22(27)25-18-11-10-14(29-3)13-17(18)24/h7,9-11,13,19,28H,4-6,8,12H2,1-3H3,(H,25,26). The van der Waals surface area contributed by atoms with Gasteiger partial charge in [0.05, 0.1) is 34.3 Å². The van der Waals surface area contributed by atoms with E-state index in [0.717, 1.165) is 36.0 Å². The molecule has 0 saturated heterocycles. The number of anilines is 2. The summed E-state index contributed by atoms with van der Waals surface area (Å²) >= 11 is 13.0. The summed E-state index contributed by atoms with van der Waals surface area (Å²) in [5, 5.41) is 16.7. The SMILES string of the molecule is CCCCn1c(Nc2ccc(OC)cc2Cl)nc2c1=C(C(O)CC)CC=CC=2Cl. The Kier molecular flexibility index (Phi) is 7.28. The molecule has 2 N–H and O–H groups in total. The molecule has 1 aliphatic rings. The van der Waals surface area contributed by atoms with Crippen molar-refractivity contribution >= 4 is 45.4 Å². The number of unbranched alkanes of at least 4 members (excludes halogenated alkanes) is 1. The summed E-state index contributed by atoms with van der Waals surface area (Å²) in [4.78, 5) is 4.80. The molecule has 156 valence electrons. The van der Waals surface area contributed by atoms with Crippen molar-refractivity contribution in [3.05, 3.63) is 46.1 Å². The van der Waals surface area contributed by atoms with Crippen LogP contribution in [0.25, 0.3) is 10.6 Å². The number of rotatable bonds is 8. The Bertz CT molecular complexity index is 1030. The maximum Gasteiger partial charge on any atom is 0.208 e. The van der Waals surface area contributed by atoms with Crippen LogP contribution in [0.15, 0.2) is 30.4 Å². The van der Waals surface area contributed by atoms with E-state index in [1.54, 1.807) is 13.2 Å². The minimum Gasteiger partial charge on any atom is -0.497 e. The minimum atomic E-state index is -0.546. The van der Waals surface area contributed by atoms with Gasteiger partial charge in [0, 0.05) is 12.6 Å². The van der Waals surface area contributed by atoms with E-state index in [0.29, 0.717) is 39.9 Å². The van der Waals surface area contributed by atoms with Crippen LogP contribution < -0.4 is 20.8 Å². The zero-order valence-corrected chi connectivity index (χ0v) is 18.5. The molecular weight excluding hydrogens is 409 g/mol. The van der Waals surface area contributed by atoms with Crippen LogP contribution in [0.5, 0.6) is 5.75 Å². The molecule has 1 unspecified atom stereocenters. The van der Waals surface area contributed by atoms with Crippen molar-refractivity contribution in [2.24, 2.45) is 0 Å². The van der Waals surface area contributed by atoms with Gasteiger partial charge in [-0.25, -0.2) is 4.98 Å². The van der Waals surface area contributed by atoms with Crippen molar-refractivity contribution < 1.29 is 9.84 Å². The zero-order valence-electron chi connectivity index (χ0n) is 17.0. The van der Waals surface area contributed by atoms with Gasteiger partial charge < -0.3 is 19.7 Å². The molecule has 29 heavy (non-hydrogen) atoms. The normalized spacial score (nSPS) is 14.6. The average Bonchev–Trinajstić information content (AvgIpc) is 2.99. The molecule has 0 saturated carbocycles. The summed E-state index contributed by atoms with van der Waals surface area (Å²) in [7, 11) is 1.61. The highest BCUT2D eigenvalue weighted by Gasteiger charge is 2.19. The molecule has 3 rings (SSSR count). The van der Waals surface area contributed by atoms with E-state index in [2.05, 4.69) is 16.8 Å². The van der Waals surface area contributed by atoms with Gasteiger partial charge in [-0.1, -0.05) is 49.5 Å². The smallest absolute Gasteiger partial charge is 0.208 e. The third-order valence-corrected chi connectivity index (χ3v) is 5.66. The van der Waals surface area contributed by atoms with Crippen molar-refractivity contribution in [2.45, 2.75) is 52.2 Å². The molecule has 1 heterocycles. The van der Waals surface area contributed by atoms with Gasteiger partial charge in [0.2, 0.25) is 5.95 Å². The second-order valence-corrected chi connectivity index (χ2v) is 7.83. The molecule has 1 aromatic heterocycles. The van der Waals surface area contributed by atoms with E-state index in [-0.39, 0.29) is 0 Å². The number of halogens is 2. The molecule has 5 nitrogen and oxygen atoms in total. The average molecular weight is 436 g/mol. The van der Waals surface area contributed by atoms with Crippen LogP contribution in [-0.4, -0.2) is 27.9 Å². The third-order valence-electron chi connectivity index (χ3n) is 5.05. The van der Waals surface area contributed by atoms with E-state index in [9.17, 15) is 5.11 Å². The number of aromatic nitrogens is 2. The number of imidazole rings is 1. The van der Waals surface area contributed by atoms with Crippen LogP contribution in [0.2, 0.25) is 5.02 Å². The number of hydrogen-bond acceptors (Lipinski definition) is 4. The first-order valence-electron chi connectivity index (χ1n) is 9.94. The molecule has 0 radical (unpaired) electrons. The minimum absolute atomic E-state index is 0.539. The van der Waals surface area contributed by atoms with Crippen LogP contribution in [0, 0.1) is 0 Å². The number of allylic oxidation sites excluding steroid dienone is 2. The summed E-state index contributed by atoms with van der Waals surface area (Å²) in [6.45, 7) is 4.88. The van der Waals surface area contributed by atoms with Crippen LogP contribution in [0.1, 0.15) is 39.5 Å². The predicted octanol–water partition coefficient (Wildman–Crippen LogP) is 4.32. The Hall–Kier alpha value is -1.95. The molecule has 1 atom stereocenters. The molecular formula is C22H27Cl2N3O2. The van der Waals surface area contributed by atoms with Crippen LogP contribution in [-0.2, 0) is 6.54 Å². The molecule has 0 fully saturated rings. The van der Waals surface area contributed by atoms with Crippen LogP contribution in [0.3, 0.4) is 0 Å². The number of nitrogens with one attached hydrogen (secondary N) is 1. The fourth-order valence-corrected chi connectivity index (χ4v) is 3.86. The van der Waals surface area contributed by atoms with Crippen molar-refractivity contribution in [3.63, 3.8) is 0 Å². The Labute approximate surface area is 181 Å². The monoisotopic (exact) mass is 435 g/mol. The maximum absolute atomic E-state index is 10.7. The summed E-state index contributed by atoms with van der Waals surface area (Å²) in [6.07, 6.45) is 6.58. The van der Waals surface area contributed by atoms with E-state index >= 15 is 0 Å². The Morgan fingerprint density at radius 2 is 2.10 bits per heavy atom. The zero-order chi connectivity index (χ0) is 21.0. The number of fused-ring (bicyclic) bond motifs is 1. The first kappa shape index (κ1) is 21.8. The van der Waals surface area contributed by atoms with Crippen molar-refractivity contribution in [2.75, 3.05) is 12.4 Å². The number of nitrogens with zero attached hydrogens (tertiary/aromatic N) is 2.